The molecule has 1 aliphatic heterocycles. The van der Waals surface area contributed by atoms with E-state index in [1.165, 1.54) is 11.9 Å². The van der Waals surface area contributed by atoms with Gasteiger partial charge in [0.15, 0.2) is 5.82 Å². The molecule has 5 nitrogen and oxygen atoms in total. The second-order valence-electron chi connectivity index (χ2n) is 5.50. The molecule has 1 aliphatic rings. The molecule has 0 fully saturated rings. The maximum atomic E-state index is 6.30. The molecular formula is C18H15BrN4O. The van der Waals surface area contributed by atoms with Crippen LogP contribution in [0.3, 0.4) is 0 Å². The van der Waals surface area contributed by atoms with E-state index in [2.05, 4.69) is 42.9 Å². The number of fused-ring (bicyclic) bond motifs is 1. The van der Waals surface area contributed by atoms with Crippen LogP contribution in [0.15, 0.2) is 59.3 Å². The molecular weight excluding hydrogens is 368 g/mol. The number of hydrogen-bond acceptors (Lipinski definition) is 5. The van der Waals surface area contributed by atoms with Gasteiger partial charge in [-0.25, -0.2) is 4.98 Å². The molecule has 0 saturated carbocycles. The average molecular weight is 383 g/mol. The Morgan fingerprint density at radius 3 is 2.67 bits per heavy atom. The molecule has 0 spiro atoms. The summed E-state index contributed by atoms with van der Waals surface area (Å²) < 4.78 is 6.81. The van der Waals surface area contributed by atoms with Gasteiger partial charge in [0.2, 0.25) is 5.88 Å². The average Bonchev–Trinajstić information content (AvgIpc) is 3.03. The largest absolute Gasteiger partial charge is 0.437 e. The van der Waals surface area contributed by atoms with Crippen molar-refractivity contribution in [3.63, 3.8) is 0 Å². The van der Waals surface area contributed by atoms with Crippen LogP contribution in [0, 0.1) is 0 Å². The molecule has 2 N–H and O–H groups in total. The van der Waals surface area contributed by atoms with Crippen LogP contribution in [0.25, 0.3) is 0 Å². The van der Waals surface area contributed by atoms with Gasteiger partial charge >= 0.3 is 0 Å². The molecule has 0 bridgehead atoms. The number of nitrogens with two attached hydrogens (primary N) is 1. The fourth-order valence-corrected chi connectivity index (χ4v) is 3.10. The van der Waals surface area contributed by atoms with E-state index in [-0.39, 0.29) is 0 Å². The molecule has 3 aromatic rings. The smallest absolute Gasteiger partial charge is 0.248 e. The highest BCUT2D eigenvalue weighted by molar-refractivity contribution is 9.10. The van der Waals surface area contributed by atoms with Gasteiger partial charge in [-0.1, -0.05) is 34.1 Å². The van der Waals surface area contributed by atoms with Gasteiger partial charge < -0.3 is 15.4 Å². The Labute approximate surface area is 148 Å². The Bertz CT molecular complexity index is 882. The van der Waals surface area contributed by atoms with Crippen molar-refractivity contribution >= 4 is 33.1 Å². The molecule has 2 heterocycles. The van der Waals surface area contributed by atoms with Gasteiger partial charge in [-0.05, 0) is 42.3 Å². The van der Waals surface area contributed by atoms with Crippen LogP contribution < -0.4 is 15.4 Å². The molecule has 6 heteroatoms. The molecule has 2 aromatic carbocycles. The van der Waals surface area contributed by atoms with Crippen molar-refractivity contribution in [3.05, 3.63) is 64.9 Å². The zero-order valence-electron chi connectivity index (χ0n) is 12.8. The third kappa shape index (κ3) is 2.69. The zero-order chi connectivity index (χ0) is 16.5. The van der Waals surface area contributed by atoms with E-state index in [4.69, 9.17) is 10.5 Å². The Balaban J connectivity index is 1.68. The van der Waals surface area contributed by atoms with Crippen LogP contribution >= 0.6 is 15.9 Å². The standard InChI is InChI=1S/C18H15BrN4O/c19-13-5-7-14(8-6-13)24-18-16(20)17(21-11-22-18)23-10-9-12-3-1-2-4-15(12)23/h1-8,11H,9-10,20H2. The minimum atomic E-state index is 0.367. The fourth-order valence-electron chi connectivity index (χ4n) is 2.84. The first-order valence-corrected chi connectivity index (χ1v) is 8.41. The number of ether oxygens (including phenoxy) is 1. The number of anilines is 3. The SMILES string of the molecule is Nc1c(Oc2ccc(Br)cc2)ncnc1N1CCc2ccccc21. The van der Waals surface area contributed by atoms with E-state index in [0.29, 0.717) is 23.1 Å². The Kier molecular flexibility index (Phi) is 3.82. The number of rotatable bonds is 3. The maximum Gasteiger partial charge on any atom is 0.248 e. The third-order valence-electron chi connectivity index (χ3n) is 4.00. The molecule has 0 aliphatic carbocycles. The van der Waals surface area contributed by atoms with E-state index in [1.54, 1.807) is 0 Å². The van der Waals surface area contributed by atoms with Gasteiger partial charge in [-0.2, -0.15) is 4.98 Å². The number of para-hydroxylation sites is 1. The van der Waals surface area contributed by atoms with E-state index in [9.17, 15) is 0 Å². The summed E-state index contributed by atoms with van der Waals surface area (Å²) >= 11 is 3.40. The summed E-state index contributed by atoms with van der Waals surface area (Å²) in [5, 5.41) is 0. The van der Waals surface area contributed by atoms with Gasteiger partial charge in [0.25, 0.3) is 0 Å². The lowest BCUT2D eigenvalue weighted by Crippen LogP contribution is -2.17. The minimum Gasteiger partial charge on any atom is -0.437 e. The Hall–Kier alpha value is -2.60. The van der Waals surface area contributed by atoms with Crippen molar-refractivity contribution in [2.75, 3.05) is 17.2 Å². The summed E-state index contributed by atoms with van der Waals surface area (Å²) in [6.45, 7) is 0.846. The predicted molar refractivity (Wildman–Crippen MR) is 97.8 cm³/mol. The summed E-state index contributed by atoms with van der Waals surface area (Å²) in [5.74, 6) is 1.73. The van der Waals surface area contributed by atoms with Crippen molar-refractivity contribution in [1.82, 2.24) is 9.97 Å². The molecule has 4 rings (SSSR count). The molecule has 0 saturated heterocycles. The van der Waals surface area contributed by atoms with Crippen LogP contribution in [-0.2, 0) is 6.42 Å². The molecule has 0 unspecified atom stereocenters. The van der Waals surface area contributed by atoms with E-state index < -0.39 is 0 Å². The van der Waals surface area contributed by atoms with Gasteiger partial charge in [-0.3, -0.25) is 0 Å². The predicted octanol–water partition coefficient (Wildman–Crippen LogP) is 4.31. The normalized spacial score (nSPS) is 13.0. The first kappa shape index (κ1) is 15.0. The maximum absolute atomic E-state index is 6.30. The van der Waals surface area contributed by atoms with Crippen molar-refractivity contribution in [2.24, 2.45) is 0 Å². The number of benzene rings is 2. The van der Waals surface area contributed by atoms with E-state index in [0.717, 1.165) is 23.1 Å². The van der Waals surface area contributed by atoms with Crippen molar-refractivity contribution in [3.8, 4) is 11.6 Å². The topological polar surface area (TPSA) is 64.3 Å². The van der Waals surface area contributed by atoms with E-state index in [1.807, 2.05) is 36.4 Å². The summed E-state index contributed by atoms with van der Waals surface area (Å²) in [4.78, 5) is 10.7. The Morgan fingerprint density at radius 1 is 1.04 bits per heavy atom. The Morgan fingerprint density at radius 2 is 1.83 bits per heavy atom. The van der Waals surface area contributed by atoms with Crippen LogP contribution in [0.2, 0.25) is 0 Å². The summed E-state index contributed by atoms with van der Waals surface area (Å²) in [6.07, 6.45) is 2.46. The van der Waals surface area contributed by atoms with Gasteiger partial charge in [-0.15, -0.1) is 0 Å². The molecule has 0 amide bonds. The lowest BCUT2D eigenvalue weighted by atomic mass is 10.2. The van der Waals surface area contributed by atoms with Crippen LogP contribution in [0.1, 0.15) is 5.56 Å². The number of halogens is 1. The number of aromatic nitrogens is 2. The first-order chi connectivity index (χ1) is 11.7. The monoisotopic (exact) mass is 382 g/mol. The first-order valence-electron chi connectivity index (χ1n) is 7.62. The summed E-state index contributed by atoms with van der Waals surface area (Å²) in [5.41, 5.74) is 9.17. The fraction of sp³-hybridized carbons (Fsp3) is 0.111. The van der Waals surface area contributed by atoms with Gasteiger partial charge in [0.1, 0.15) is 17.8 Å². The van der Waals surface area contributed by atoms with E-state index >= 15 is 0 Å². The minimum absolute atomic E-state index is 0.367. The molecule has 120 valence electrons. The van der Waals surface area contributed by atoms with Crippen molar-refractivity contribution in [1.29, 1.82) is 0 Å². The zero-order valence-corrected chi connectivity index (χ0v) is 14.4. The summed E-state index contributed by atoms with van der Waals surface area (Å²) in [7, 11) is 0. The molecule has 24 heavy (non-hydrogen) atoms. The molecule has 0 atom stereocenters. The van der Waals surface area contributed by atoms with Crippen LogP contribution in [-0.4, -0.2) is 16.5 Å². The molecule has 1 aromatic heterocycles. The second-order valence-corrected chi connectivity index (χ2v) is 6.42. The quantitative estimate of drug-likeness (QED) is 0.730. The summed E-state index contributed by atoms with van der Waals surface area (Å²) in [6, 6.07) is 15.8. The third-order valence-corrected chi connectivity index (χ3v) is 4.53. The van der Waals surface area contributed by atoms with Crippen LogP contribution in [0.4, 0.5) is 17.2 Å². The molecule has 0 radical (unpaired) electrons. The lowest BCUT2D eigenvalue weighted by Gasteiger charge is -2.20. The highest BCUT2D eigenvalue weighted by Gasteiger charge is 2.24. The number of nitrogens with zero attached hydrogens (tertiary/aromatic N) is 3. The number of nitrogen functional groups attached to an aromatic ring is 1. The lowest BCUT2D eigenvalue weighted by molar-refractivity contribution is 0.464. The van der Waals surface area contributed by atoms with Crippen molar-refractivity contribution < 1.29 is 4.74 Å². The van der Waals surface area contributed by atoms with Gasteiger partial charge in [0.05, 0.1) is 0 Å². The van der Waals surface area contributed by atoms with Crippen molar-refractivity contribution in [2.45, 2.75) is 6.42 Å². The highest BCUT2D eigenvalue weighted by Crippen LogP contribution is 2.39. The van der Waals surface area contributed by atoms with Gasteiger partial charge in [0, 0.05) is 16.7 Å². The van der Waals surface area contributed by atoms with Crippen LogP contribution in [0.5, 0.6) is 11.6 Å². The number of hydrogen-bond donors (Lipinski definition) is 1. The highest BCUT2D eigenvalue weighted by atomic mass is 79.9. The second kappa shape index (κ2) is 6.13.